The zero-order valence-electron chi connectivity index (χ0n) is 11.8. The van der Waals surface area contributed by atoms with E-state index in [4.69, 9.17) is 9.52 Å². The molecule has 2 rings (SSSR count). The molecule has 21 heavy (non-hydrogen) atoms. The van der Waals surface area contributed by atoms with Gasteiger partial charge in [0.2, 0.25) is 11.7 Å². The summed E-state index contributed by atoms with van der Waals surface area (Å²) < 4.78 is 5.14. The van der Waals surface area contributed by atoms with Gasteiger partial charge >= 0.3 is 5.97 Å². The van der Waals surface area contributed by atoms with Crippen molar-refractivity contribution >= 4 is 23.3 Å². The van der Waals surface area contributed by atoms with Crippen LogP contribution in [0.1, 0.15) is 28.8 Å². The Morgan fingerprint density at radius 3 is 2.33 bits per heavy atom. The molecular formula is C15H16N2O4. The van der Waals surface area contributed by atoms with Gasteiger partial charge in [0.15, 0.2) is 0 Å². The first-order chi connectivity index (χ1) is 9.95. The van der Waals surface area contributed by atoms with Crippen LogP contribution in [0.5, 0.6) is 0 Å². The molecule has 0 aliphatic carbocycles. The van der Waals surface area contributed by atoms with Crippen molar-refractivity contribution in [3.8, 4) is 0 Å². The van der Waals surface area contributed by atoms with Crippen LogP contribution in [-0.4, -0.2) is 17.0 Å². The van der Waals surface area contributed by atoms with E-state index in [2.05, 4.69) is 10.6 Å². The Hall–Kier alpha value is -2.76. The summed E-state index contributed by atoms with van der Waals surface area (Å²) >= 11 is 0. The maximum Gasteiger partial charge on any atom is 0.371 e. The molecule has 1 heterocycles. The van der Waals surface area contributed by atoms with Gasteiger partial charge in [-0.1, -0.05) is 0 Å². The largest absolute Gasteiger partial charge is 0.475 e. The van der Waals surface area contributed by atoms with E-state index >= 15 is 0 Å². The number of carboxylic acid groups (broad SMARTS) is 1. The van der Waals surface area contributed by atoms with Gasteiger partial charge in [-0.3, -0.25) is 4.79 Å². The second-order valence-electron chi connectivity index (χ2n) is 4.61. The van der Waals surface area contributed by atoms with Crippen LogP contribution in [0.25, 0.3) is 0 Å². The number of carboxylic acids is 1. The van der Waals surface area contributed by atoms with E-state index in [-0.39, 0.29) is 11.7 Å². The molecule has 110 valence electrons. The number of rotatable bonds is 5. The number of furan rings is 1. The van der Waals surface area contributed by atoms with Gasteiger partial charge in [0.25, 0.3) is 0 Å². The minimum absolute atomic E-state index is 0.0645. The number of aromatic carboxylic acids is 1. The molecule has 0 saturated carbocycles. The minimum atomic E-state index is -1.08. The Bertz CT molecular complexity index is 659. The predicted molar refractivity (Wildman–Crippen MR) is 78.5 cm³/mol. The number of nitrogens with one attached hydrogen (secondary N) is 2. The molecule has 0 bridgehead atoms. The van der Waals surface area contributed by atoms with Crippen molar-refractivity contribution in [2.45, 2.75) is 20.4 Å². The third-order valence-electron chi connectivity index (χ3n) is 2.92. The van der Waals surface area contributed by atoms with Gasteiger partial charge in [-0.05, 0) is 37.3 Å². The zero-order valence-corrected chi connectivity index (χ0v) is 11.8. The third-order valence-corrected chi connectivity index (χ3v) is 2.92. The lowest BCUT2D eigenvalue weighted by atomic mass is 10.2. The lowest BCUT2D eigenvalue weighted by Gasteiger charge is -2.07. The average Bonchev–Trinajstić information content (AvgIpc) is 2.79. The van der Waals surface area contributed by atoms with Gasteiger partial charge in [0.1, 0.15) is 5.76 Å². The minimum Gasteiger partial charge on any atom is -0.475 e. The fourth-order valence-electron chi connectivity index (χ4n) is 1.87. The number of carbonyl (C=O) groups excluding carboxylic acids is 1. The lowest BCUT2D eigenvalue weighted by Crippen LogP contribution is -2.05. The van der Waals surface area contributed by atoms with Gasteiger partial charge in [0, 0.05) is 30.4 Å². The first-order valence-electron chi connectivity index (χ1n) is 6.40. The first kappa shape index (κ1) is 14.6. The maximum atomic E-state index is 10.9. The summed E-state index contributed by atoms with van der Waals surface area (Å²) in [7, 11) is 0. The monoisotopic (exact) mass is 288 g/mol. The zero-order chi connectivity index (χ0) is 15.4. The molecule has 1 amide bonds. The summed E-state index contributed by atoms with van der Waals surface area (Å²) in [4.78, 5) is 21.7. The van der Waals surface area contributed by atoms with E-state index in [0.717, 1.165) is 16.9 Å². The maximum absolute atomic E-state index is 10.9. The molecule has 6 heteroatoms. The highest BCUT2D eigenvalue weighted by Crippen LogP contribution is 2.18. The van der Waals surface area contributed by atoms with E-state index in [0.29, 0.717) is 12.3 Å². The Morgan fingerprint density at radius 2 is 1.81 bits per heavy atom. The number of hydrogen-bond acceptors (Lipinski definition) is 4. The Morgan fingerprint density at radius 1 is 1.19 bits per heavy atom. The van der Waals surface area contributed by atoms with Crippen LogP contribution in [0.15, 0.2) is 34.7 Å². The van der Waals surface area contributed by atoms with E-state index in [1.807, 2.05) is 12.1 Å². The smallest absolute Gasteiger partial charge is 0.371 e. The summed E-state index contributed by atoms with van der Waals surface area (Å²) in [5.41, 5.74) is 2.38. The van der Waals surface area contributed by atoms with Gasteiger partial charge < -0.3 is 20.2 Å². The normalized spacial score (nSPS) is 10.2. The van der Waals surface area contributed by atoms with E-state index < -0.39 is 5.97 Å². The Kier molecular flexibility index (Phi) is 4.27. The fourth-order valence-corrected chi connectivity index (χ4v) is 1.87. The first-order valence-corrected chi connectivity index (χ1v) is 6.40. The molecule has 0 fully saturated rings. The number of hydrogen-bond donors (Lipinski definition) is 3. The summed E-state index contributed by atoms with van der Waals surface area (Å²) in [6.07, 6.45) is 0. The topological polar surface area (TPSA) is 91.6 Å². The number of carbonyl (C=O) groups is 2. The van der Waals surface area contributed by atoms with Gasteiger partial charge in [-0.2, -0.15) is 0 Å². The molecule has 0 saturated heterocycles. The van der Waals surface area contributed by atoms with Crippen molar-refractivity contribution in [3.05, 3.63) is 47.4 Å². The number of amides is 1. The van der Waals surface area contributed by atoms with Crippen molar-refractivity contribution in [2.24, 2.45) is 0 Å². The van der Waals surface area contributed by atoms with Crippen LogP contribution in [0.3, 0.4) is 0 Å². The fraction of sp³-hybridized carbons (Fsp3) is 0.200. The van der Waals surface area contributed by atoms with Crippen LogP contribution in [0.4, 0.5) is 11.4 Å². The lowest BCUT2D eigenvalue weighted by molar-refractivity contribution is -0.114. The highest BCUT2D eigenvalue weighted by Gasteiger charge is 2.12. The highest BCUT2D eigenvalue weighted by molar-refractivity contribution is 5.88. The number of benzene rings is 1. The molecule has 0 unspecified atom stereocenters. The van der Waals surface area contributed by atoms with Crippen LogP contribution in [-0.2, 0) is 11.3 Å². The Balaban J connectivity index is 1.99. The van der Waals surface area contributed by atoms with E-state index in [1.165, 1.54) is 13.0 Å². The quantitative estimate of drug-likeness (QED) is 0.787. The summed E-state index contributed by atoms with van der Waals surface area (Å²) in [5.74, 6) is -0.685. The third kappa shape index (κ3) is 3.85. The van der Waals surface area contributed by atoms with Crippen molar-refractivity contribution in [3.63, 3.8) is 0 Å². The van der Waals surface area contributed by atoms with Gasteiger partial charge in [-0.25, -0.2) is 4.79 Å². The Labute approximate surface area is 121 Å². The molecule has 0 radical (unpaired) electrons. The number of aryl methyl sites for hydroxylation is 1. The van der Waals surface area contributed by atoms with Crippen molar-refractivity contribution in [2.75, 3.05) is 10.6 Å². The van der Waals surface area contributed by atoms with Crippen LogP contribution in [0, 0.1) is 6.92 Å². The van der Waals surface area contributed by atoms with Crippen LogP contribution in [0.2, 0.25) is 0 Å². The molecule has 0 atom stereocenters. The molecular weight excluding hydrogens is 272 g/mol. The van der Waals surface area contributed by atoms with E-state index in [1.54, 1.807) is 19.1 Å². The molecule has 3 N–H and O–H groups in total. The van der Waals surface area contributed by atoms with Gasteiger partial charge in [0.05, 0.1) is 0 Å². The van der Waals surface area contributed by atoms with E-state index in [9.17, 15) is 9.59 Å². The molecule has 0 aliphatic heterocycles. The van der Waals surface area contributed by atoms with Crippen LogP contribution < -0.4 is 10.6 Å². The van der Waals surface area contributed by atoms with Crippen LogP contribution >= 0.6 is 0 Å². The standard InChI is InChI=1S/C15H16N2O4/c1-9-11(7-14(21-9)15(19)20)8-16-12-3-5-13(6-4-12)17-10(2)18/h3-7,16H,8H2,1-2H3,(H,17,18)(H,19,20). The highest BCUT2D eigenvalue weighted by atomic mass is 16.4. The SMILES string of the molecule is CC(=O)Nc1ccc(NCc2cc(C(=O)O)oc2C)cc1. The summed E-state index contributed by atoms with van der Waals surface area (Å²) in [6, 6.07) is 8.75. The summed E-state index contributed by atoms with van der Waals surface area (Å²) in [6.45, 7) is 3.64. The predicted octanol–water partition coefficient (Wildman–Crippen LogP) is 2.86. The van der Waals surface area contributed by atoms with Crippen molar-refractivity contribution in [1.29, 1.82) is 0 Å². The molecule has 2 aromatic rings. The van der Waals surface area contributed by atoms with Crippen molar-refractivity contribution < 1.29 is 19.1 Å². The van der Waals surface area contributed by atoms with Crippen molar-refractivity contribution in [1.82, 2.24) is 0 Å². The van der Waals surface area contributed by atoms with Gasteiger partial charge in [-0.15, -0.1) is 0 Å². The molecule has 0 aliphatic rings. The molecule has 6 nitrogen and oxygen atoms in total. The second kappa shape index (κ2) is 6.13. The molecule has 1 aromatic heterocycles. The number of anilines is 2. The molecule has 1 aromatic carbocycles. The molecule has 0 spiro atoms. The average molecular weight is 288 g/mol. The summed E-state index contributed by atoms with van der Waals surface area (Å²) in [5, 5.41) is 14.7. The second-order valence-corrected chi connectivity index (χ2v) is 4.61.